The Balaban J connectivity index is 2.39. The molecule has 108 valence electrons. The highest BCUT2D eigenvalue weighted by Crippen LogP contribution is 2.26. The zero-order chi connectivity index (χ0) is 15.1. The van der Waals surface area contributed by atoms with Crippen molar-refractivity contribution in [3.05, 3.63) is 39.3 Å². The van der Waals surface area contributed by atoms with Crippen molar-refractivity contribution in [3.63, 3.8) is 0 Å². The molecule has 0 bridgehead atoms. The van der Waals surface area contributed by atoms with Crippen molar-refractivity contribution in [3.8, 4) is 5.75 Å². The molecule has 0 radical (unpaired) electrons. The molecule has 1 aromatic rings. The number of amides is 1. The highest BCUT2D eigenvalue weighted by atomic mass is 79.9. The topological polar surface area (TPSA) is 75.6 Å². The van der Waals surface area contributed by atoms with Gasteiger partial charge in [0.05, 0.1) is 5.02 Å². The van der Waals surface area contributed by atoms with Gasteiger partial charge in [-0.25, -0.2) is 9.59 Å². The molecular weight excluding hydrogens is 350 g/mol. The third kappa shape index (κ3) is 5.63. The number of hydrogen-bond donors (Lipinski definition) is 2. The van der Waals surface area contributed by atoms with Gasteiger partial charge in [0.1, 0.15) is 5.75 Å². The van der Waals surface area contributed by atoms with Gasteiger partial charge in [0.2, 0.25) is 0 Å². The van der Waals surface area contributed by atoms with E-state index < -0.39 is 12.1 Å². The van der Waals surface area contributed by atoms with Crippen LogP contribution in [0.15, 0.2) is 34.3 Å². The summed E-state index contributed by atoms with van der Waals surface area (Å²) in [5.74, 6) is -0.648. The first-order valence-corrected chi connectivity index (χ1v) is 6.88. The minimum absolute atomic E-state index is 0.236. The molecule has 0 aromatic heterocycles. The lowest BCUT2D eigenvalue weighted by Crippen LogP contribution is -2.27. The average molecular weight is 363 g/mol. The molecule has 0 fully saturated rings. The lowest BCUT2D eigenvalue weighted by atomic mass is 10.2. The van der Waals surface area contributed by atoms with Crippen molar-refractivity contribution < 1.29 is 19.4 Å². The Morgan fingerprint density at radius 3 is 2.80 bits per heavy atom. The molecule has 0 aliphatic carbocycles. The van der Waals surface area contributed by atoms with Crippen LogP contribution in [0.1, 0.15) is 13.3 Å². The van der Waals surface area contributed by atoms with Gasteiger partial charge in [-0.3, -0.25) is 0 Å². The van der Waals surface area contributed by atoms with E-state index in [4.69, 9.17) is 21.4 Å². The van der Waals surface area contributed by atoms with E-state index in [2.05, 4.69) is 21.2 Å². The first-order chi connectivity index (χ1) is 9.40. The van der Waals surface area contributed by atoms with Crippen LogP contribution in [0.2, 0.25) is 5.02 Å². The van der Waals surface area contributed by atoms with Crippen molar-refractivity contribution in [2.75, 3.05) is 6.54 Å². The molecule has 7 heteroatoms. The van der Waals surface area contributed by atoms with Crippen LogP contribution in [0.5, 0.6) is 5.75 Å². The Morgan fingerprint density at radius 2 is 2.20 bits per heavy atom. The number of nitrogens with one attached hydrogen (secondary N) is 1. The maximum Gasteiger partial charge on any atom is 0.412 e. The van der Waals surface area contributed by atoms with E-state index in [-0.39, 0.29) is 12.1 Å². The highest BCUT2D eigenvalue weighted by molar-refractivity contribution is 9.10. The summed E-state index contributed by atoms with van der Waals surface area (Å²) in [4.78, 5) is 22.0. The number of carboxylic acids is 1. The van der Waals surface area contributed by atoms with Crippen LogP contribution in [0, 0.1) is 0 Å². The molecule has 0 heterocycles. The largest absolute Gasteiger partial charge is 0.478 e. The molecule has 1 amide bonds. The van der Waals surface area contributed by atoms with Crippen LogP contribution in [0.4, 0.5) is 4.79 Å². The molecule has 20 heavy (non-hydrogen) atoms. The lowest BCUT2D eigenvalue weighted by Gasteiger charge is -2.06. The van der Waals surface area contributed by atoms with Gasteiger partial charge >= 0.3 is 12.1 Å². The van der Waals surface area contributed by atoms with Crippen molar-refractivity contribution >= 4 is 39.6 Å². The maximum atomic E-state index is 11.5. The van der Waals surface area contributed by atoms with Gasteiger partial charge in [0.25, 0.3) is 0 Å². The fourth-order valence-electron chi connectivity index (χ4n) is 1.23. The van der Waals surface area contributed by atoms with Crippen molar-refractivity contribution in [2.45, 2.75) is 13.3 Å². The quantitative estimate of drug-likeness (QED) is 0.620. The zero-order valence-electron chi connectivity index (χ0n) is 10.7. The number of carboxylic acid groups (broad SMARTS) is 1. The second-order valence-corrected chi connectivity index (χ2v) is 5.13. The van der Waals surface area contributed by atoms with Crippen LogP contribution in [0.3, 0.4) is 0 Å². The van der Waals surface area contributed by atoms with E-state index in [1.165, 1.54) is 19.1 Å². The van der Waals surface area contributed by atoms with Crippen LogP contribution < -0.4 is 10.1 Å². The zero-order valence-corrected chi connectivity index (χ0v) is 13.0. The fraction of sp³-hybridized carbons (Fsp3) is 0.231. The number of benzene rings is 1. The number of carbonyl (C=O) groups is 2. The lowest BCUT2D eigenvalue weighted by molar-refractivity contribution is -0.132. The standard InChI is InChI=1S/C13H13BrClNO4/c1-8(12(17)18)3-2-6-16-13(19)20-9-4-5-10(14)11(15)7-9/h3-5,7H,2,6H2,1H3,(H,16,19)(H,17,18). The van der Waals surface area contributed by atoms with Crippen molar-refractivity contribution in [2.24, 2.45) is 0 Å². The molecule has 1 rings (SSSR count). The summed E-state index contributed by atoms with van der Waals surface area (Å²) < 4.78 is 5.72. The Hall–Kier alpha value is -1.53. The highest BCUT2D eigenvalue weighted by Gasteiger charge is 2.05. The number of hydrogen-bond acceptors (Lipinski definition) is 3. The van der Waals surface area contributed by atoms with Crippen molar-refractivity contribution in [1.29, 1.82) is 0 Å². The molecule has 2 N–H and O–H groups in total. The second kappa shape index (κ2) is 7.91. The molecular formula is C13H13BrClNO4. The minimum Gasteiger partial charge on any atom is -0.478 e. The maximum absolute atomic E-state index is 11.5. The normalized spacial score (nSPS) is 11.1. The third-order valence-corrected chi connectivity index (χ3v) is 3.54. The molecule has 5 nitrogen and oxygen atoms in total. The van der Waals surface area contributed by atoms with E-state index in [0.29, 0.717) is 21.7 Å². The van der Waals surface area contributed by atoms with Gasteiger partial charge in [-0.05, 0) is 41.4 Å². The Morgan fingerprint density at radius 1 is 1.50 bits per heavy atom. The van der Waals surface area contributed by atoms with Crippen LogP contribution in [-0.2, 0) is 4.79 Å². The molecule has 0 saturated carbocycles. The van der Waals surface area contributed by atoms with Gasteiger partial charge in [-0.2, -0.15) is 0 Å². The predicted octanol–water partition coefficient (Wildman–Crippen LogP) is 3.61. The molecule has 0 unspecified atom stereocenters. The van der Waals surface area contributed by atoms with E-state index in [1.807, 2.05) is 0 Å². The minimum atomic E-state index is -0.975. The van der Waals surface area contributed by atoms with E-state index in [9.17, 15) is 9.59 Å². The first-order valence-electron chi connectivity index (χ1n) is 5.71. The van der Waals surface area contributed by atoms with Crippen LogP contribution in [-0.4, -0.2) is 23.7 Å². The van der Waals surface area contributed by atoms with Gasteiger partial charge < -0.3 is 15.2 Å². The number of carbonyl (C=O) groups excluding carboxylic acids is 1. The van der Waals surface area contributed by atoms with Crippen molar-refractivity contribution in [1.82, 2.24) is 5.32 Å². The smallest absolute Gasteiger partial charge is 0.412 e. The summed E-state index contributed by atoms with van der Waals surface area (Å²) in [7, 11) is 0. The SMILES string of the molecule is CC(=CCCNC(=O)Oc1ccc(Br)c(Cl)c1)C(=O)O. The number of rotatable bonds is 5. The summed E-state index contributed by atoms with van der Waals surface area (Å²) in [5.41, 5.74) is 0.236. The Kier molecular flexibility index (Phi) is 6.54. The fourth-order valence-corrected chi connectivity index (χ4v) is 1.65. The number of aliphatic carboxylic acids is 1. The summed E-state index contributed by atoms with van der Waals surface area (Å²) in [6.45, 7) is 1.78. The second-order valence-electron chi connectivity index (χ2n) is 3.87. The molecule has 0 spiro atoms. The summed E-state index contributed by atoms with van der Waals surface area (Å²) in [6, 6.07) is 4.79. The Bertz CT molecular complexity index is 545. The Labute approximate surface area is 129 Å². The molecule has 0 saturated heterocycles. The van der Waals surface area contributed by atoms with Gasteiger partial charge in [0, 0.05) is 22.7 Å². The monoisotopic (exact) mass is 361 g/mol. The van der Waals surface area contributed by atoms with E-state index in [0.717, 1.165) is 0 Å². The molecule has 1 aromatic carbocycles. The predicted molar refractivity (Wildman–Crippen MR) is 79.2 cm³/mol. The van der Waals surface area contributed by atoms with E-state index >= 15 is 0 Å². The number of ether oxygens (including phenoxy) is 1. The van der Waals surface area contributed by atoms with Crippen LogP contribution in [0.25, 0.3) is 0 Å². The van der Waals surface area contributed by atoms with E-state index in [1.54, 1.807) is 12.1 Å². The van der Waals surface area contributed by atoms with Gasteiger partial charge in [-0.1, -0.05) is 17.7 Å². The molecule has 0 aliphatic heterocycles. The first kappa shape index (κ1) is 16.5. The third-order valence-electron chi connectivity index (χ3n) is 2.30. The van der Waals surface area contributed by atoms with Gasteiger partial charge in [0.15, 0.2) is 0 Å². The molecule has 0 atom stereocenters. The summed E-state index contributed by atoms with van der Waals surface area (Å²) >= 11 is 9.10. The number of halogens is 2. The average Bonchev–Trinajstić information content (AvgIpc) is 2.38. The summed E-state index contributed by atoms with van der Waals surface area (Å²) in [6.07, 6.45) is 1.32. The van der Waals surface area contributed by atoms with Crippen LogP contribution >= 0.6 is 27.5 Å². The summed E-state index contributed by atoms with van der Waals surface area (Å²) in [5, 5.41) is 11.6. The molecule has 0 aliphatic rings. The van der Waals surface area contributed by atoms with Gasteiger partial charge in [-0.15, -0.1) is 0 Å².